The number of carbonyl (C=O) groups is 2. The number of nitrogens with one attached hydrogen (secondary N) is 1. The Labute approximate surface area is 193 Å². The van der Waals surface area contributed by atoms with E-state index in [9.17, 15) is 9.59 Å². The molecule has 9 nitrogen and oxygen atoms in total. The van der Waals surface area contributed by atoms with E-state index in [0.29, 0.717) is 0 Å². The average Bonchev–Trinajstić information content (AvgIpc) is 3.50. The Bertz CT molecular complexity index is 655. The Hall–Kier alpha value is -1.87. The summed E-state index contributed by atoms with van der Waals surface area (Å²) in [6.45, 7) is 10.2. The standard InChI is InChI=1S/C23H43N7O2/c1-19(21(31)29-11-5-6-12-29)27-15-17-30(18-16-27)23(24-2)25-10-8-14-28-13-7-9-20(28)22(32)26(3)4/h19-20H,5-18H2,1-4H3,(H,24,25). The van der Waals surface area contributed by atoms with Gasteiger partial charge in [0.25, 0.3) is 0 Å². The lowest BCUT2D eigenvalue weighted by Gasteiger charge is -2.39. The zero-order chi connectivity index (χ0) is 23.1. The molecule has 0 aromatic carbocycles. The van der Waals surface area contributed by atoms with Crippen molar-refractivity contribution in [3.8, 4) is 0 Å². The molecule has 3 heterocycles. The molecule has 0 spiro atoms. The van der Waals surface area contributed by atoms with Crippen LogP contribution in [0.4, 0.5) is 0 Å². The van der Waals surface area contributed by atoms with Gasteiger partial charge in [0, 0.05) is 73.5 Å². The Kier molecular flexibility index (Phi) is 9.16. The smallest absolute Gasteiger partial charge is 0.239 e. The van der Waals surface area contributed by atoms with E-state index < -0.39 is 0 Å². The summed E-state index contributed by atoms with van der Waals surface area (Å²) in [6.07, 6.45) is 5.33. The Morgan fingerprint density at radius 1 is 1.00 bits per heavy atom. The van der Waals surface area contributed by atoms with Crippen LogP contribution in [-0.2, 0) is 9.59 Å². The number of guanidine groups is 1. The number of hydrogen-bond acceptors (Lipinski definition) is 5. The Morgan fingerprint density at radius 3 is 2.31 bits per heavy atom. The van der Waals surface area contributed by atoms with Gasteiger partial charge in [-0.1, -0.05) is 0 Å². The number of likely N-dealkylation sites (tertiary alicyclic amines) is 2. The maximum Gasteiger partial charge on any atom is 0.239 e. The van der Waals surface area contributed by atoms with Crippen LogP contribution >= 0.6 is 0 Å². The van der Waals surface area contributed by atoms with Crippen molar-refractivity contribution in [2.24, 2.45) is 4.99 Å². The van der Waals surface area contributed by atoms with Gasteiger partial charge in [0.1, 0.15) is 0 Å². The van der Waals surface area contributed by atoms with Crippen molar-refractivity contribution in [3.05, 3.63) is 0 Å². The molecule has 3 saturated heterocycles. The first-order valence-electron chi connectivity index (χ1n) is 12.4. The molecular weight excluding hydrogens is 406 g/mol. The first-order valence-corrected chi connectivity index (χ1v) is 12.4. The van der Waals surface area contributed by atoms with Gasteiger partial charge < -0.3 is 20.0 Å². The number of carbonyl (C=O) groups excluding carboxylic acids is 2. The molecule has 182 valence electrons. The Balaban J connectivity index is 1.37. The minimum atomic E-state index is -0.0384. The maximum absolute atomic E-state index is 12.7. The van der Waals surface area contributed by atoms with Crippen LogP contribution in [0, 0.1) is 0 Å². The molecule has 3 rings (SSSR count). The third-order valence-corrected chi connectivity index (χ3v) is 7.14. The third-order valence-electron chi connectivity index (χ3n) is 7.14. The molecule has 0 bridgehead atoms. The molecule has 3 fully saturated rings. The molecule has 9 heteroatoms. The second kappa shape index (κ2) is 11.8. The van der Waals surface area contributed by atoms with Crippen molar-refractivity contribution >= 4 is 17.8 Å². The molecule has 32 heavy (non-hydrogen) atoms. The summed E-state index contributed by atoms with van der Waals surface area (Å²) < 4.78 is 0. The molecule has 0 aromatic rings. The van der Waals surface area contributed by atoms with Crippen molar-refractivity contribution in [2.75, 3.05) is 80.0 Å². The van der Waals surface area contributed by atoms with E-state index in [1.165, 1.54) is 0 Å². The lowest BCUT2D eigenvalue weighted by molar-refractivity contribution is -0.136. The summed E-state index contributed by atoms with van der Waals surface area (Å²) in [4.78, 5) is 40.2. The van der Waals surface area contributed by atoms with Gasteiger partial charge in [-0.25, -0.2) is 0 Å². The van der Waals surface area contributed by atoms with Gasteiger partial charge in [0.05, 0.1) is 12.1 Å². The zero-order valence-corrected chi connectivity index (χ0v) is 20.6. The van der Waals surface area contributed by atoms with E-state index in [-0.39, 0.29) is 23.9 Å². The highest BCUT2D eigenvalue weighted by Crippen LogP contribution is 2.19. The van der Waals surface area contributed by atoms with Gasteiger partial charge in [0.2, 0.25) is 11.8 Å². The van der Waals surface area contributed by atoms with Crippen LogP contribution in [0.5, 0.6) is 0 Å². The molecule has 3 aliphatic rings. The monoisotopic (exact) mass is 449 g/mol. The zero-order valence-electron chi connectivity index (χ0n) is 20.6. The van der Waals surface area contributed by atoms with Crippen LogP contribution in [0.3, 0.4) is 0 Å². The second-order valence-corrected chi connectivity index (χ2v) is 9.49. The van der Waals surface area contributed by atoms with Gasteiger partial charge in [0.15, 0.2) is 5.96 Å². The fourth-order valence-corrected chi connectivity index (χ4v) is 5.17. The van der Waals surface area contributed by atoms with Crippen LogP contribution in [0.1, 0.15) is 39.0 Å². The number of nitrogens with zero attached hydrogens (tertiary/aromatic N) is 6. The van der Waals surface area contributed by atoms with Crippen molar-refractivity contribution in [2.45, 2.75) is 51.1 Å². The molecule has 0 aliphatic carbocycles. The number of hydrogen-bond donors (Lipinski definition) is 1. The SMILES string of the molecule is CN=C(NCCCN1CCCC1C(=O)N(C)C)N1CCN(C(C)C(=O)N2CCCC2)CC1. The number of piperazine rings is 1. The first kappa shape index (κ1) is 24.8. The van der Waals surface area contributed by atoms with E-state index in [0.717, 1.165) is 97.0 Å². The molecule has 3 aliphatic heterocycles. The van der Waals surface area contributed by atoms with Crippen LogP contribution in [0.25, 0.3) is 0 Å². The Morgan fingerprint density at radius 2 is 1.69 bits per heavy atom. The first-order chi connectivity index (χ1) is 15.4. The van der Waals surface area contributed by atoms with Gasteiger partial charge in [-0.15, -0.1) is 0 Å². The summed E-state index contributed by atoms with van der Waals surface area (Å²) in [5.41, 5.74) is 0. The molecule has 0 radical (unpaired) electrons. The molecule has 0 saturated carbocycles. The molecular formula is C23H43N7O2. The normalized spacial score (nSPS) is 24.1. The predicted molar refractivity (Wildman–Crippen MR) is 128 cm³/mol. The average molecular weight is 450 g/mol. The van der Waals surface area contributed by atoms with Crippen molar-refractivity contribution < 1.29 is 9.59 Å². The van der Waals surface area contributed by atoms with E-state index in [4.69, 9.17) is 0 Å². The largest absolute Gasteiger partial charge is 0.356 e. The number of rotatable bonds is 7. The van der Waals surface area contributed by atoms with Crippen molar-refractivity contribution in [3.63, 3.8) is 0 Å². The summed E-state index contributed by atoms with van der Waals surface area (Å²) >= 11 is 0. The summed E-state index contributed by atoms with van der Waals surface area (Å²) in [6, 6.07) is 0.00570. The van der Waals surface area contributed by atoms with Crippen molar-refractivity contribution in [1.29, 1.82) is 0 Å². The van der Waals surface area contributed by atoms with Gasteiger partial charge in [-0.3, -0.25) is 24.4 Å². The third kappa shape index (κ3) is 6.13. The number of likely N-dealkylation sites (N-methyl/N-ethyl adjacent to an activating group) is 1. The summed E-state index contributed by atoms with van der Waals surface area (Å²) in [7, 11) is 5.51. The van der Waals surface area contributed by atoms with Crippen LogP contribution in [0.15, 0.2) is 4.99 Å². The summed E-state index contributed by atoms with van der Waals surface area (Å²) in [5.74, 6) is 1.44. The predicted octanol–water partition coefficient (Wildman–Crippen LogP) is 0.133. The highest BCUT2D eigenvalue weighted by molar-refractivity contribution is 5.82. The highest BCUT2D eigenvalue weighted by Gasteiger charge is 2.32. The van der Waals surface area contributed by atoms with Crippen LogP contribution < -0.4 is 5.32 Å². The molecule has 2 unspecified atom stereocenters. The molecule has 0 aromatic heterocycles. The second-order valence-electron chi connectivity index (χ2n) is 9.49. The van der Waals surface area contributed by atoms with E-state index in [1.54, 1.807) is 4.90 Å². The molecule has 2 amide bonds. The van der Waals surface area contributed by atoms with Crippen molar-refractivity contribution in [1.82, 2.24) is 29.8 Å². The topological polar surface area (TPSA) is 74.7 Å². The minimum absolute atomic E-state index is 0.0384. The van der Waals surface area contributed by atoms with E-state index in [2.05, 4.69) is 31.9 Å². The van der Waals surface area contributed by atoms with Crippen LogP contribution in [0.2, 0.25) is 0 Å². The van der Waals surface area contributed by atoms with Gasteiger partial charge in [-0.05, 0) is 45.6 Å². The fourth-order valence-electron chi connectivity index (χ4n) is 5.17. The fraction of sp³-hybridized carbons (Fsp3) is 0.870. The lowest BCUT2D eigenvalue weighted by Crippen LogP contribution is -2.57. The molecule has 2 atom stereocenters. The molecule has 1 N–H and O–H groups in total. The highest BCUT2D eigenvalue weighted by atomic mass is 16.2. The lowest BCUT2D eigenvalue weighted by atomic mass is 10.2. The number of aliphatic imine (C=N–C) groups is 1. The number of amides is 2. The quantitative estimate of drug-likeness (QED) is 0.338. The van der Waals surface area contributed by atoms with Gasteiger partial charge in [-0.2, -0.15) is 0 Å². The van der Waals surface area contributed by atoms with Crippen LogP contribution in [-0.4, -0.2) is 134 Å². The van der Waals surface area contributed by atoms with E-state index >= 15 is 0 Å². The van der Waals surface area contributed by atoms with E-state index in [1.807, 2.05) is 26.0 Å². The summed E-state index contributed by atoms with van der Waals surface area (Å²) in [5, 5.41) is 3.50. The maximum atomic E-state index is 12.7. The minimum Gasteiger partial charge on any atom is -0.356 e. The van der Waals surface area contributed by atoms with Gasteiger partial charge >= 0.3 is 0 Å².